The first-order valence-electron chi connectivity index (χ1n) is 9.32. The topological polar surface area (TPSA) is 61.5 Å². The minimum Gasteiger partial charge on any atom is -0.481 e. The molecule has 1 atom stereocenters. The molecule has 0 radical (unpaired) electrons. The number of para-hydroxylation sites is 3. The average Bonchev–Trinajstić information content (AvgIpc) is 3.13. The van der Waals surface area contributed by atoms with E-state index in [-0.39, 0.29) is 5.91 Å². The Morgan fingerprint density at radius 2 is 1.78 bits per heavy atom. The molecule has 140 valence electrons. The predicted octanol–water partition coefficient (Wildman–Crippen LogP) is 2.99. The smallest absolute Gasteiger partial charge is 0.263 e. The van der Waals surface area contributed by atoms with Gasteiger partial charge < -0.3 is 19.5 Å². The third-order valence-corrected chi connectivity index (χ3v) is 5.01. The molecule has 2 heterocycles. The minimum absolute atomic E-state index is 0.0301. The Bertz CT molecular complexity index is 911. The summed E-state index contributed by atoms with van der Waals surface area (Å²) < 4.78 is 5.89. The van der Waals surface area contributed by atoms with Gasteiger partial charge in [0.2, 0.25) is 5.95 Å². The van der Waals surface area contributed by atoms with Crippen LogP contribution in [0.3, 0.4) is 0 Å². The first kappa shape index (κ1) is 17.4. The number of nitrogens with one attached hydrogen (secondary N) is 1. The Hall–Kier alpha value is -3.02. The number of hydrogen-bond acceptors (Lipinski definition) is 4. The van der Waals surface area contributed by atoms with E-state index in [2.05, 4.69) is 14.9 Å². The molecule has 6 heteroatoms. The second kappa shape index (κ2) is 7.31. The maximum Gasteiger partial charge on any atom is 0.263 e. The van der Waals surface area contributed by atoms with Crippen molar-refractivity contribution in [3.8, 4) is 5.75 Å². The first-order valence-corrected chi connectivity index (χ1v) is 9.32. The molecule has 1 amide bonds. The molecule has 0 bridgehead atoms. The lowest BCUT2D eigenvalue weighted by molar-refractivity contribution is -0.138. The van der Waals surface area contributed by atoms with Gasteiger partial charge in [-0.2, -0.15) is 0 Å². The predicted molar refractivity (Wildman–Crippen MR) is 106 cm³/mol. The number of ether oxygens (including phenoxy) is 1. The van der Waals surface area contributed by atoms with Gasteiger partial charge in [-0.3, -0.25) is 4.79 Å². The molecule has 2 aromatic carbocycles. The summed E-state index contributed by atoms with van der Waals surface area (Å²) in [6, 6.07) is 15.8. The van der Waals surface area contributed by atoms with Crippen molar-refractivity contribution in [2.24, 2.45) is 0 Å². The number of carbonyl (C=O) groups excluding carboxylic acids is 1. The number of hydrogen-bond donors (Lipinski definition) is 1. The maximum absolute atomic E-state index is 12.8. The lowest BCUT2D eigenvalue weighted by Gasteiger charge is -2.35. The Morgan fingerprint density at radius 1 is 1.07 bits per heavy atom. The number of carbonyl (C=O) groups is 1. The SMILES string of the molecule is Cc1ccccc1OC(C)C(=O)N1CCN(c2nc3ccccc3[nH]2)CC1. The highest BCUT2D eigenvalue weighted by atomic mass is 16.5. The van der Waals surface area contributed by atoms with Crippen LogP contribution >= 0.6 is 0 Å². The van der Waals surface area contributed by atoms with E-state index in [4.69, 9.17) is 4.74 Å². The van der Waals surface area contributed by atoms with E-state index in [0.29, 0.717) is 13.1 Å². The van der Waals surface area contributed by atoms with Crippen LogP contribution in [-0.4, -0.2) is 53.1 Å². The zero-order valence-corrected chi connectivity index (χ0v) is 15.7. The van der Waals surface area contributed by atoms with Gasteiger partial charge in [-0.15, -0.1) is 0 Å². The van der Waals surface area contributed by atoms with E-state index in [1.54, 1.807) is 0 Å². The molecular weight excluding hydrogens is 340 g/mol. The van der Waals surface area contributed by atoms with Crippen LogP contribution in [-0.2, 0) is 4.79 Å². The van der Waals surface area contributed by atoms with Crippen LogP contribution in [0.1, 0.15) is 12.5 Å². The van der Waals surface area contributed by atoms with Crippen molar-refractivity contribution < 1.29 is 9.53 Å². The summed E-state index contributed by atoms with van der Waals surface area (Å²) in [6.07, 6.45) is -0.496. The Labute approximate surface area is 158 Å². The standard InChI is InChI=1S/C21H24N4O2/c1-15-7-3-6-10-19(15)27-16(2)20(26)24-11-13-25(14-12-24)21-22-17-8-4-5-9-18(17)23-21/h3-10,16H,11-14H2,1-2H3,(H,22,23). The van der Waals surface area contributed by atoms with Gasteiger partial charge in [-0.1, -0.05) is 30.3 Å². The fourth-order valence-electron chi connectivity index (χ4n) is 3.41. The number of aromatic nitrogens is 2. The van der Waals surface area contributed by atoms with Crippen molar-refractivity contribution in [1.82, 2.24) is 14.9 Å². The number of imidazole rings is 1. The Balaban J connectivity index is 1.36. The van der Waals surface area contributed by atoms with Gasteiger partial charge in [0.05, 0.1) is 11.0 Å². The van der Waals surface area contributed by atoms with E-state index in [1.807, 2.05) is 67.3 Å². The molecule has 1 aliphatic rings. The minimum atomic E-state index is -0.496. The quantitative estimate of drug-likeness (QED) is 0.773. The molecule has 1 fully saturated rings. The third-order valence-electron chi connectivity index (χ3n) is 5.01. The highest BCUT2D eigenvalue weighted by molar-refractivity contribution is 5.81. The molecule has 6 nitrogen and oxygen atoms in total. The number of aromatic amines is 1. The summed E-state index contributed by atoms with van der Waals surface area (Å²) in [6.45, 7) is 6.64. The van der Waals surface area contributed by atoms with Gasteiger partial charge in [0.1, 0.15) is 5.75 Å². The van der Waals surface area contributed by atoms with E-state index in [1.165, 1.54) is 0 Å². The fourth-order valence-corrected chi connectivity index (χ4v) is 3.41. The number of piperazine rings is 1. The molecule has 3 aromatic rings. The number of anilines is 1. The van der Waals surface area contributed by atoms with Crippen molar-refractivity contribution in [2.45, 2.75) is 20.0 Å². The lowest BCUT2D eigenvalue weighted by atomic mass is 10.2. The largest absolute Gasteiger partial charge is 0.481 e. The average molecular weight is 364 g/mol. The number of nitrogens with zero attached hydrogens (tertiary/aromatic N) is 3. The first-order chi connectivity index (χ1) is 13.1. The summed E-state index contributed by atoms with van der Waals surface area (Å²) in [4.78, 5) is 24.8. The summed E-state index contributed by atoms with van der Waals surface area (Å²) in [5.74, 6) is 1.66. The van der Waals surface area contributed by atoms with Crippen LogP contribution in [0.15, 0.2) is 48.5 Å². The van der Waals surface area contributed by atoms with Crippen molar-refractivity contribution in [1.29, 1.82) is 0 Å². The van der Waals surface area contributed by atoms with Gasteiger partial charge in [0.15, 0.2) is 6.10 Å². The molecular formula is C21H24N4O2. The van der Waals surface area contributed by atoms with E-state index < -0.39 is 6.10 Å². The van der Waals surface area contributed by atoms with Crippen molar-refractivity contribution in [2.75, 3.05) is 31.1 Å². The zero-order valence-electron chi connectivity index (χ0n) is 15.7. The van der Waals surface area contributed by atoms with Gasteiger partial charge >= 0.3 is 0 Å². The lowest BCUT2D eigenvalue weighted by Crippen LogP contribution is -2.52. The second-order valence-electron chi connectivity index (χ2n) is 6.92. The van der Waals surface area contributed by atoms with Crippen LogP contribution in [0.5, 0.6) is 5.75 Å². The molecule has 0 aliphatic carbocycles. The summed E-state index contributed by atoms with van der Waals surface area (Å²) in [7, 11) is 0. The molecule has 0 spiro atoms. The van der Waals surface area contributed by atoms with E-state index in [0.717, 1.165) is 41.4 Å². The molecule has 1 saturated heterocycles. The molecule has 27 heavy (non-hydrogen) atoms. The molecule has 1 aliphatic heterocycles. The van der Waals surface area contributed by atoms with E-state index in [9.17, 15) is 4.79 Å². The van der Waals surface area contributed by atoms with E-state index >= 15 is 0 Å². The van der Waals surface area contributed by atoms with Gasteiger partial charge in [-0.25, -0.2) is 4.98 Å². The van der Waals surface area contributed by atoms with Gasteiger partial charge in [0, 0.05) is 26.2 Å². The molecule has 1 aromatic heterocycles. The Kier molecular flexibility index (Phi) is 4.71. The van der Waals surface area contributed by atoms with Crippen LogP contribution < -0.4 is 9.64 Å². The number of amides is 1. The zero-order chi connectivity index (χ0) is 18.8. The van der Waals surface area contributed by atoms with Crippen LogP contribution in [0.4, 0.5) is 5.95 Å². The number of rotatable bonds is 4. The molecule has 4 rings (SSSR count). The van der Waals surface area contributed by atoms with Crippen LogP contribution in [0, 0.1) is 6.92 Å². The molecule has 0 saturated carbocycles. The second-order valence-corrected chi connectivity index (χ2v) is 6.92. The van der Waals surface area contributed by atoms with Crippen molar-refractivity contribution in [3.05, 3.63) is 54.1 Å². The van der Waals surface area contributed by atoms with Crippen LogP contribution in [0.25, 0.3) is 11.0 Å². The number of H-pyrrole nitrogens is 1. The highest BCUT2D eigenvalue weighted by Gasteiger charge is 2.27. The highest BCUT2D eigenvalue weighted by Crippen LogP contribution is 2.20. The fraction of sp³-hybridized carbons (Fsp3) is 0.333. The summed E-state index contributed by atoms with van der Waals surface area (Å²) in [5, 5.41) is 0. The number of benzene rings is 2. The summed E-state index contributed by atoms with van der Waals surface area (Å²) in [5.41, 5.74) is 3.03. The molecule has 1 unspecified atom stereocenters. The monoisotopic (exact) mass is 364 g/mol. The van der Waals surface area contributed by atoms with Gasteiger partial charge in [0.25, 0.3) is 5.91 Å². The van der Waals surface area contributed by atoms with Crippen molar-refractivity contribution >= 4 is 22.9 Å². The molecule has 1 N–H and O–H groups in total. The van der Waals surface area contributed by atoms with Crippen LogP contribution in [0.2, 0.25) is 0 Å². The third kappa shape index (κ3) is 3.60. The summed E-state index contributed by atoms with van der Waals surface area (Å²) >= 11 is 0. The normalized spacial score (nSPS) is 15.8. The Morgan fingerprint density at radius 3 is 2.52 bits per heavy atom. The van der Waals surface area contributed by atoms with Crippen molar-refractivity contribution in [3.63, 3.8) is 0 Å². The van der Waals surface area contributed by atoms with Gasteiger partial charge in [-0.05, 0) is 37.6 Å². The maximum atomic E-state index is 12.8. The number of aryl methyl sites for hydroxylation is 1. The number of fused-ring (bicyclic) bond motifs is 1.